The molecule has 0 radical (unpaired) electrons. The highest BCUT2D eigenvalue weighted by atomic mass is 32.2. The van der Waals surface area contributed by atoms with Gasteiger partial charge in [-0.05, 0) is 19.8 Å². The van der Waals surface area contributed by atoms with Gasteiger partial charge in [-0.25, -0.2) is 13.1 Å². The van der Waals surface area contributed by atoms with Crippen molar-refractivity contribution in [2.24, 2.45) is 0 Å². The summed E-state index contributed by atoms with van der Waals surface area (Å²) in [6, 6.07) is -0.221. The molecule has 1 aromatic heterocycles. The molecule has 0 saturated heterocycles. The zero-order chi connectivity index (χ0) is 13.8. The molecule has 1 aromatic rings. The fourth-order valence-electron chi connectivity index (χ4n) is 1.60. The molecule has 1 rings (SSSR count). The van der Waals surface area contributed by atoms with Crippen LogP contribution in [0.15, 0.2) is 23.7 Å². The van der Waals surface area contributed by atoms with Crippen LogP contribution in [0.2, 0.25) is 0 Å². The number of rotatable bonds is 7. The van der Waals surface area contributed by atoms with E-state index < -0.39 is 10.0 Å². The molecule has 102 valence electrons. The number of hydrogen-bond donors (Lipinski definition) is 2. The maximum Gasteiger partial charge on any atom is 0.246 e. The molecule has 0 aliphatic carbocycles. The number of nitrogens with one attached hydrogen (secondary N) is 1. The number of sulfonamides is 1. The zero-order valence-electron chi connectivity index (χ0n) is 10.8. The second kappa shape index (κ2) is 6.01. The van der Waals surface area contributed by atoms with Gasteiger partial charge in [-0.1, -0.05) is 13.0 Å². The van der Waals surface area contributed by atoms with Crippen molar-refractivity contribution in [3.05, 3.63) is 18.9 Å². The normalized spacial score (nSPS) is 13.4. The van der Waals surface area contributed by atoms with Gasteiger partial charge in [-0.2, -0.15) is 5.10 Å². The highest BCUT2D eigenvalue weighted by molar-refractivity contribution is 7.89. The minimum Gasteiger partial charge on any atom is -0.381 e. The summed E-state index contributed by atoms with van der Waals surface area (Å²) >= 11 is 0. The molecule has 0 fully saturated rings. The predicted octanol–water partition coefficient (Wildman–Crippen LogP) is 1.12. The molecular weight excluding hydrogens is 252 g/mol. The average molecular weight is 272 g/mol. The Hall–Kier alpha value is -1.34. The fourth-order valence-corrected chi connectivity index (χ4v) is 2.92. The molecule has 0 bridgehead atoms. The van der Waals surface area contributed by atoms with E-state index in [9.17, 15) is 8.42 Å². The average Bonchev–Trinajstić information content (AvgIpc) is 2.60. The SMILES string of the molecule is C=CCC(C)NS(=O)(=O)c1cn(CCC)nc1N. The Labute approximate surface area is 108 Å². The van der Waals surface area contributed by atoms with Gasteiger partial charge in [0.05, 0.1) is 0 Å². The van der Waals surface area contributed by atoms with E-state index in [1.165, 1.54) is 6.20 Å². The Morgan fingerprint density at radius 2 is 2.33 bits per heavy atom. The lowest BCUT2D eigenvalue weighted by molar-refractivity contribution is 0.561. The minimum absolute atomic E-state index is 0.0294. The largest absolute Gasteiger partial charge is 0.381 e. The zero-order valence-corrected chi connectivity index (χ0v) is 11.6. The molecule has 7 heteroatoms. The van der Waals surface area contributed by atoms with E-state index in [0.29, 0.717) is 13.0 Å². The number of aromatic nitrogens is 2. The monoisotopic (exact) mass is 272 g/mol. The smallest absolute Gasteiger partial charge is 0.246 e. The molecule has 1 unspecified atom stereocenters. The molecule has 0 amide bonds. The molecule has 1 heterocycles. The van der Waals surface area contributed by atoms with Crippen molar-refractivity contribution < 1.29 is 8.42 Å². The number of hydrogen-bond acceptors (Lipinski definition) is 4. The molecule has 0 aliphatic heterocycles. The molecule has 0 spiro atoms. The van der Waals surface area contributed by atoms with Gasteiger partial charge in [0, 0.05) is 18.8 Å². The van der Waals surface area contributed by atoms with Crippen molar-refractivity contribution in [3.8, 4) is 0 Å². The van der Waals surface area contributed by atoms with Crippen LogP contribution in [0, 0.1) is 0 Å². The molecule has 0 aromatic carbocycles. The van der Waals surface area contributed by atoms with Crippen molar-refractivity contribution >= 4 is 15.8 Å². The Kier molecular flexibility index (Phi) is 4.92. The first-order valence-corrected chi connectivity index (χ1v) is 7.35. The highest BCUT2D eigenvalue weighted by Gasteiger charge is 2.22. The van der Waals surface area contributed by atoms with Crippen LogP contribution in [0.3, 0.4) is 0 Å². The summed E-state index contributed by atoms with van der Waals surface area (Å²) in [6.07, 6.45) is 4.54. The number of aryl methyl sites for hydroxylation is 1. The maximum absolute atomic E-state index is 12.1. The number of nitrogens with zero attached hydrogens (tertiary/aromatic N) is 2. The standard InChI is InChI=1S/C11H20N4O2S/c1-4-6-9(3)14-18(16,17)10-8-15(7-5-2)13-11(10)12/h4,8-9,14H,1,5-7H2,2-3H3,(H2,12,13). The predicted molar refractivity (Wildman–Crippen MR) is 71.5 cm³/mol. The fraction of sp³-hybridized carbons (Fsp3) is 0.545. The third kappa shape index (κ3) is 3.58. The van der Waals surface area contributed by atoms with Gasteiger partial charge in [0.2, 0.25) is 10.0 Å². The van der Waals surface area contributed by atoms with Gasteiger partial charge in [0.15, 0.2) is 5.82 Å². The van der Waals surface area contributed by atoms with Crippen LogP contribution < -0.4 is 10.5 Å². The van der Waals surface area contributed by atoms with Gasteiger partial charge < -0.3 is 5.73 Å². The lowest BCUT2D eigenvalue weighted by Crippen LogP contribution is -2.32. The maximum atomic E-state index is 12.1. The third-order valence-electron chi connectivity index (χ3n) is 2.37. The van der Waals surface area contributed by atoms with Crippen LogP contribution in [0.5, 0.6) is 0 Å². The Morgan fingerprint density at radius 1 is 1.67 bits per heavy atom. The quantitative estimate of drug-likeness (QED) is 0.728. The van der Waals surface area contributed by atoms with Crippen LogP contribution in [0.1, 0.15) is 26.7 Å². The first-order valence-electron chi connectivity index (χ1n) is 5.86. The third-order valence-corrected chi connectivity index (χ3v) is 3.98. The van der Waals surface area contributed by atoms with E-state index in [4.69, 9.17) is 5.73 Å². The molecular formula is C11H20N4O2S. The molecule has 3 N–H and O–H groups in total. The second-order valence-corrected chi connectivity index (χ2v) is 5.87. The van der Waals surface area contributed by atoms with Crippen molar-refractivity contribution in [2.75, 3.05) is 5.73 Å². The lowest BCUT2D eigenvalue weighted by Gasteiger charge is -2.11. The van der Waals surface area contributed by atoms with Crippen LogP contribution in [-0.4, -0.2) is 24.2 Å². The van der Waals surface area contributed by atoms with E-state index >= 15 is 0 Å². The highest BCUT2D eigenvalue weighted by Crippen LogP contribution is 2.17. The molecule has 0 saturated carbocycles. The van der Waals surface area contributed by atoms with Gasteiger partial charge >= 0.3 is 0 Å². The molecule has 6 nitrogen and oxygen atoms in total. The summed E-state index contributed by atoms with van der Waals surface area (Å²) in [7, 11) is -3.62. The Balaban J connectivity index is 2.94. The molecule has 18 heavy (non-hydrogen) atoms. The van der Waals surface area contributed by atoms with Crippen molar-refractivity contribution in [3.63, 3.8) is 0 Å². The van der Waals surface area contributed by atoms with Crippen LogP contribution >= 0.6 is 0 Å². The van der Waals surface area contributed by atoms with Crippen molar-refractivity contribution in [2.45, 2.75) is 44.2 Å². The van der Waals surface area contributed by atoms with E-state index in [1.807, 2.05) is 6.92 Å². The van der Waals surface area contributed by atoms with Crippen molar-refractivity contribution in [1.29, 1.82) is 0 Å². The van der Waals surface area contributed by atoms with E-state index in [-0.39, 0.29) is 16.8 Å². The number of anilines is 1. The van der Waals surface area contributed by atoms with E-state index in [1.54, 1.807) is 17.7 Å². The Morgan fingerprint density at radius 3 is 2.89 bits per heavy atom. The van der Waals surface area contributed by atoms with Gasteiger partial charge in [-0.3, -0.25) is 4.68 Å². The summed E-state index contributed by atoms with van der Waals surface area (Å²) in [5.74, 6) is 0.0294. The summed E-state index contributed by atoms with van der Waals surface area (Å²) in [4.78, 5) is 0.0341. The van der Waals surface area contributed by atoms with Gasteiger partial charge in [0.1, 0.15) is 4.90 Å². The topological polar surface area (TPSA) is 90.0 Å². The number of nitrogens with two attached hydrogens (primary N) is 1. The summed E-state index contributed by atoms with van der Waals surface area (Å²) in [5, 5.41) is 3.98. The van der Waals surface area contributed by atoms with Crippen LogP contribution in [0.4, 0.5) is 5.82 Å². The second-order valence-electron chi connectivity index (χ2n) is 4.19. The van der Waals surface area contributed by atoms with Crippen LogP contribution in [0.25, 0.3) is 0 Å². The summed E-state index contributed by atoms with van der Waals surface area (Å²) < 4.78 is 28.2. The van der Waals surface area contributed by atoms with Crippen LogP contribution in [-0.2, 0) is 16.6 Å². The first kappa shape index (κ1) is 14.7. The number of nitrogen functional groups attached to an aromatic ring is 1. The summed E-state index contributed by atoms with van der Waals surface area (Å²) in [6.45, 7) is 7.97. The molecule has 0 aliphatic rings. The molecule has 1 atom stereocenters. The van der Waals surface area contributed by atoms with Gasteiger partial charge in [-0.15, -0.1) is 6.58 Å². The lowest BCUT2D eigenvalue weighted by atomic mass is 10.3. The van der Waals surface area contributed by atoms with E-state index in [0.717, 1.165) is 6.42 Å². The van der Waals surface area contributed by atoms with E-state index in [2.05, 4.69) is 16.4 Å². The Bertz CT molecular complexity index is 507. The minimum atomic E-state index is -3.62. The van der Waals surface area contributed by atoms with Crippen molar-refractivity contribution in [1.82, 2.24) is 14.5 Å². The summed E-state index contributed by atoms with van der Waals surface area (Å²) in [5.41, 5.74) is 5.64. The van der Waals surface area contributed by atoms with Gasteiger partial charge in [0.25, 0.3) is 0 Å². The first-order chi connectivity index (χ1) is 8.40.